The number of carbonyl (C=O) groups excluding carboxylic acids is 2. The summed E-state index contributed by atoms with van der Waals surface area (Å²) in [6.07, 6.45) is 0. The van der Waals surface area contributed by atoms with Gasteiger partial charge in [0.05, 0.1) is 13.2 Å². The third kappa shape index (κ3) is 6.94. The maximum absolute atomic E-state index is 12.4. The van der Waals surface area contributed by atoms with Crippen LogP contribution in [0.5, 0.6) is 11.5 Å². The summed E-state index contributed by atoms with van der Waals surface area (Å²) in [6, 6.07) is 3.91. The number of carbonyl (C=O) groups is 2. The molecule has 0 heterocycles. The van der Waals surface area contributed by atoms with Crippen LogP contribution in [0.1, 0.15) is 38.1 Å². The molecule has 0 aliphatic rings. The summed E-state index contributed by atoms with van der Waals surface area (Å²) in [5.74, 6) is -0.845. The number of alkyl halides is 2. The smallest absolute Gasteiger partial charge is 0.387 e. The van der Waals surface area contributed by atoms with Crippen molar-refractivity contribution in [2.75, 3.05) is 20.2 Å². The Kier molecular flexibility index (Phi) is 7.14. The number of nitrogens with one attached hydrogen (secondary N) is 1. The monoisotopic (exact) mass is 358 g/mol. The van der Waals surface area contributed by atoms with Crippen LogP contribution in [0.15, 0.2) is 18.2 Å². The maximum Gasteiger partial charge on any atom is 0.387 e. The second-order valence-corrected chi connectivity index (χ2v) is 6.43. The molecule has 0 fully saturated rings. The lowest BCUT2D eigenvalue weighted by molar-refractivity contribution is -0.122. The fourth-order valence-corrected chi connectivity index (χ4v) is 2.07. The SMILES string of the molecule is CCOc1cc(C(=O)N(C)CC(=O)NC(C)(C)C)ccc1OC(F)F. The van der Waals surface area contributed by atoms with Gasteiger partial charge in [0.1, 0.15) is 0 Å². The van der Waals surface area contributed by atoms with Gasteiger partial charge in [0, 0.05) is 18.2 Å². The molecular weight excluding hydrogens is 334 g/mol. The third-order valence-electron chi connectivity index (χ3n) is 2.95. The highest BCUT2D eigenvalue weighted by atomic mass is 19.3. The number of benzene rings is 1. The molecule has 0 spiro atoms. The normalized spacial score (nSPS) is 11.2. The highest BCUT2D eigenvalue weighted by Crippen LogP contribution is 2.30. The van der Waals surface area contributed by atoms with Gasteiger partial charge in [-0.15, -0.1) is 0 Å². The van der Waals surface area contributed by atoms with E-state index in [2.05, 4.69) is 10.1 Å². The fourth-order valence-electron chi connectivity index (χ4n) is 2.07. The molecule has 140 valence electrons. The predicted octanol–water partition coefficient (Wildman–Crippen LogP) is 2.67. The van der Waals surface area contributed by atoms with Crippen LogP contribution in [0.2, 0.25) is 0 Å². The summed E-state index contributed by atoms with van der Waals surface area (Å²) in [5, 5.41) is 2.76. The molecule has 2 amide bonds. The van der Waals surface area contributed by atoms with Crippen LogP contribution in [-0.4, -0.2) is 49.1 Å². The molecule has 0 bridgehead atoms. The van der Waals surface area contributed by atoms with Crippen molar-refractivity contribution in [3.63, 3.8) is 0 Å². The minimum Gasteiger partial charge on any atom is -0.490 e. The van der Waals surface area contributed by atoms with Crippen LogP contribution in [0.25, 0.3) is 0 Å². The van der Waals surface area contributed by atoms with E-state index in [1.54, 1.807) is 6.92 Å². The molecule has 1 aromatic carbocycles. The van der Waals surface area contributed by atoms with Crippen molar-refractivity contribution in [3.8, 4) is 11.5 Å². The fraction of sp³-hybridized carbons (Fsp3) is 0.529. The van der Waals surface area contributed by atoms with Crippen LogP contribution in [0.3, 0.4) is 0 Å². The van der Waals surface area contributed by atoms with E-state index in [0.717, 1.165) is 0 Å². The Hall–Kier alpha value is -2.38. The lowest BCUT2D eigenvalue weighted by Gasteiger charge is -2.23. The Morgan fingerprint density at radius 2 is 1.88 bits per heavy atom. The Morgan fingerprint density at radius 3 is 2.40 bits per heavy atom. The lowest BCUT2D eigenvalue weighted by Crippen LogP contribution is -2.46. The first-order valence-electron chi connectivity index (χ1n) is 7.81. The summed E-state index contributed by atoms with van der Waals surface area (Å²) in [7, 11) is 1.48. The minimum atomic E-state index is -3.00. The molecule has 8 heteroatoms. The van der Waals surface area contributed by atoms with Crippen molar-refractivity contribution in [1.82, 2.24) is 10.2 Å². The number of ether oxygens (including phenoxy) is 2. The molecule has 0 aliphatic heterocycles. The van der Waals surface area contributed by atoms with Gasteiger partial charge in [-0.05, 0) is 45.9 Å². The van der Waals surface area contributed by atoms with Crippen molar-refractivity contribution in [2.24, 2.45) is 0 Å². The number of nitrogens with zero attached hydrogens (tertiary/aromatic N) is 1. The quantitative estimate of drug-likeness (QED) is 0.814. The Labute approximate surface area is 146 Å². The summed E-state index contributed by atoms with van der Waals surface area (Å²) in [6.45, 7) is 4.29. The van der Waals surface area contributed by atoms with E-state index in [4.69, 9.17) is 4.74 Å². The van der Waals surface area contributed by atoms with Gasteiger partial charge >= 0.3 is 6.61 Å². The average molecular weight is 358 g/mol. The Bertz CT molecular complexity index is 615. The van der Waals surface area contributed by atoms with E-state index < -0.39 is 18.1 Å². The molecule has 0 aliphatic carbocycles. The summed E-state index contributed by atoms with van der Waals surface area (Å²) < 4.78 is 34.4. The topological polar surface area (TPSA) is 67.9 Å². The average Bonchev–Trinajstić information content (AvgIpc) is 2.45. The van der Waals surface area contributed by atoms with Crippen LogP contribution in [0, 0.1) is 0 Å². The van der Waals surface area contributed by atoms with Crippen molar-refractivity contribution in [3.05, 3.63) is 23.8 Å². The van der Waals surface area contributed by atoms with Gasteiger partial charge in [0.2, 0.25) is 5.91 Å². The largest absolute Gasteiger partial charge is 0.490 e. The van der Waals surface area contributed by atoms with E-state index >= 15 is 0 Å². The van der Waals surface area contributed by atoms with Gasteiger partial charge in [0.15, 0.2) is 11.5 Å². The molecule has 1 N–H and O–H groups in total. The molecule has 0 radical (unpaired) electrons. The first-order chi connectivity index (χ1) is 11.5. The molecule has 25 heavy (non-hydrogen) atoms. The Balaban J connectivity index is 2.89. The van der Waals surface area contributed by atoms with Crippen molar-refractivity contribution >= 4 is 11.8 Å². The first-order valence-corrected chi connectivity index (χ1v) is 7.81. The summed E-state index contributed by atoms with van der Waals surface area (Å²) in [5.41, 5.74) is -0.201. The molecule has 0 saturated carbocycles. The summed E-state index contributed by atoms with van der Waals surface area (Å²) >= 11 is 0. The first kappa shape index (κ1) is 20.7. The van der Waals surface area contributed by atoms with Gasteiger partial charge in [-0.1, -0.05) is 0 Å². The van der Waals surface area contributed by atoms with Gasteiger partial charge < -0.3 is 19.7 Å². The molecular formula is C17H24F2N2O4. The number of amides is 2. The van der Waals surface area contributed by atoms with E-state index in [1.807, 2.05) is 20.8 Å². The molecule has 6 nitrogen and oxygen atoms in total. The molecule has 0 atom stereocenters. The maximum atomic E-state index is 12.4. The van der Waals surface area contributed by atoms with Gasteiger partial charge in [-0.2, -0.15) is 8.78 Å². The second kappa shape index (κ2) is 8.64. The predicted molar refractivity (Wildman–Crippen MR) is 89.1 cm³/mol. The van der Waals surface area contributed by atoms with E-state index in [-0.39, 0.29) is 36.1 Å². The molecule has 0 aromatic heterocycles. The number of hydrogen-bond donors (Lipinski definition) is 1. The standard InChI is InChI=1S/C17H24F2N2O4/c1-6-24-13-9-11(7-8-12(13)25-16(18)19)15(23)21(5)10-14(22)20-17(2,3)4/h7-9,16H,6,10H2,1-5H3,(H,20,22). The minimum absolute atomic E-state index is 0.0428. The van der Waals surface area contributed by atoms with Crippen molar-refractivity contribution < 1.29 is 27.8 Å². The van der Waals surface area contributed by atoms with E-state index in [1.165, 1.54) is 30.1 Å². The third-order valence-corrected chi connectivity index (χ3v) is 2.95. The molecule has 1 aromatic rings. The van der Waals surface area contributed by atoms with E-state index in [0.29, 0.717) is 0 Å². The molecule has 1 rings (SSSR count). The second-order valence-electron chi connectivity index (χ2n) is 6.43. The highest BCUT2D eigenvalue weighted by Gasteiger charge is 2.20. The zero-order valence-electron chi connectivity index (χ0n) is 15.1. The van der Waals surface area contributed by atoms with Crippen molar-refractivity contribution in [2.45, 2.75) is 39.8 Å². The van der Waals surface area contributed by atoms with Crippen LogP contribution < -0.4 is 14.8 Å². The van der Waals surface area contributed by atoms with Crippen LogP contribution in [0.4, 0.5) is 8.78 Å². The van der Waals surface area contributed by atoms with Crippen LogP contribution >= 0.6 is 0 Å². The van der Waals surface area contributed by atoms with Gasteiger partial charge in [-0.25, -0.2) is 0 Å². The molecule has 0 saturated heterocycles. The lowest BCUT2D eigenvalue weighted by atomic mass is 10.1. The number of likely N-dealkylation sites (N-methyl/N-ethyl adjacent to an activating group) is 1. The van der Waals surface area contributed by atoms with E-state index in [9.17, 15) is 18.4 Å². The van der Waals surface area contributed by atoms with Gasteiger partial charge in [-0.3, -0.25) is 9.59 Å². The molecule has 0 unspecified atom stereocenters. The zero-order chi connectivity index (χ0) is 19.2. The number of halogens is 2. The van der Waals surface area contributed by atoms with Gasteiger partial charge in [0.25, 0.3) is 5.91 Å². The number of hydrogen-bond acceptors (Lipinski definition) is 4. The van der Waals surface area contributed by atoms with Crippen molar-refractivity contribution in [1.29, 1.82) is 0 Å². The Morgan fingerprint density at radius 1 is 1.24 bits per heavy atom. The zero-order valence-corrected chi connectivity index (χ0v) is 15.1. The number of rotatable bonds is 7. The highest BCUT2D eigenvalue weighted by molar-refractivity contribution is 5.97. The van der Waals surface area contributed by atoms with Crippen LogP contribution in [-0.2, 0) is 4.79 Å². The summed E-state index contributed by atoms with van der Waals surface area (Å²) in [4.78, 5) is 25.6.